The van der Waals surface area contributed by atoms with Crippen molar-refractivity contribution in [2.24, 2.45) is 0 Å². The molecule has 11 heteroatoms. The number of aryl methyl sites for hydroxylation is 1. The normalized spacial score (nSPS) is 13.3. The van der Waals surface area contributed by atoms with Crippen molar-refractivity contribution in [2.45, 2.75) is 24.2 Å². The van der Waals surface area contributed by atoms with Crippen molar-refractivity contribution in [3.8, 4) is 5.69 Å². The van der Waals surface area contributed by atoms with E-state index in [1.54, 1.807) is 0 Å². The van der Waals surface area contributed by atoms with Crippen LogP contribution in [-0.4, -0.2) is 39.7 Å². The lowest BCUT2D eigenvalue weighted by Gasteiger charge is -2.13. The molecule has 4 rings (SSSR count). The number of aromatic nitrogens is 4. The summed E-state index contributed by atoms with van der Waals surface area (Å²) in [5, 5.41) is 18.4. The molecule has 144 valence electrons. The number of fused-ring (bicyclic) bond motifs is 1. The van der Waals surface area contributed by atoms with Gasteiger partial charge < -0.3 is 5.11 Å². The number of carbonyl (C=O) groups is 1. The van der Waals surface area contributed by atoms with E-state index < -0.39 is 21.7 Å². The Morgan fingerprint density at radius 1 is 1.18 bits per heavy atom. The molecule has 1 aliphatic rings. The Bertz CT molecular complexity index is 1230. The zero-order valence-electron chi connectivity index (χ0n) is 14.4. The molecule has 2 aromatic carbocycles. The van der Waals surface area contributed by atoms with Crippen LogP contribution in [0.15, 0.2) is 46.1 Å². The highest BCUT2D eigenvalue weighted by Gasteiger charge is 2.26. The van der Waals surface area contributed by atoms with Gasteiger partial charge in [-0.1, -0.05) is 0 Å². The number of hydrogen-bond donors (Lipinski definition) is 3. The van der Waals surface area contributed by atoms with E-state index >= 15 is 0 Å². The summed E-state index contributed by atoms with van der Waals surface area (Å²) in [7, 11) is -3.99. The molecule has 1 aliphatic carbocycles. The number of nitrogens with zero attached hydrogens (tertiary/aromatic N) is 3. The molecular formula is C17H15N5O5S. The first-order valence-electron chi connectivity index (χ1n) is 8.38. The van der Waals surface area contributed by atoms with E-state index in [1.807, 2.05) is 0 Å². The van der Waals surface area contributed by atoms with E-state index in [2.05, 4.69) is 20.2 Å². The van der Waals surface area contributed by atoms with Gasteiger partial charge in [0, 0.05) is 5.69 Å². The topological polar surface area (TPSA) is 147 Å². The van der Waals surface area contributed by atoms with Crippen LogP contribution in [0.5, 0.6) is 0 Å². The number of sulfonamides is 1. The minimum atomic E-state index is -3.99. The van der Waals surface area contributed by atoms with Crippen molar-refractivity contribution in [2.75, 3.05) is 4.72 Å². The molecule has 3 N–H and O–H groups in total. The second-order valence-electron chi connectivity index (χ2n) is 6.34. The Morgan fingerprint density at radius 2 is 1.93 bits per heavy atom. The summed E-state index contributed by atoms with van der Waals surface area (Å²) >= 11 is 0. The van der Waals surface area contributed by atoms with Gasteiger partial charge in [-0.3, -0.25) is 4.72 Å². The van der Waals surface area contributed by atoms with E-state index in [0.717, 1.165) is 16.7 Å². The molecule has 0 unspecified atom stereocenters. The molecule has 1 aromatic heterocycles. The number of anilines is 1. The summed E-state index contributed by atoms with van der Waals surface area (Å²) in [6, 6.07) is 8.72. The van der Waals surface area contributed by atoms with Gasteiger partial charge >= 0.3 is 11.7 Å². The van der Waals surface area contributed by atoms with Crippen molar-refractivity contribution in [1.29, 1.82) is 0 Å². The average molecular weight is 401 g/mol. The number of H-pyrrole nitrogens is 1. The third kappa shape index (κ3) is 3.16. The standard InChI is InChI=1S/C17H15N5O5S/c23-16(24)11-8-10-2-1-3-14(10)15(9-11)28(26,27)19-12-4-6-13(7-5-12)22-17(25)18-20-21-22/h4-9,19H,1-3H2,(H,23,24)(H,18,21,25). The van der Waals surface area contributed by atoms with Crippen molar-refractivity contribution in [3.05, 3.63) is 63.6 Å². The number of benzene rings is 2. The first kappa shape index (κ1) is 17.9. The highest BCUT2D eigenvalue weighted by atomic mass is 32.2. The highest BCUT2D eigenvalue weighted by Crippen LogP contribution is 2.31. The maximum absolute atomic E-state index is 12.9. The van der Waals surface area contributed by atoms with Crippen LogP contribution in [0.1, 0.15) is 27.9 Å². The SMILES string of the molecule is O=C(O)c1cc2c(c(S(=O)(=O)Nc3ccc(-n4nn[nH]c4=O)cc3)c1)CCC2. The zero-order chi connectivity index (χ0) is 19.9. The monoisotopic (exact) mass is 401 g/mol. The Hall–Kier alpha value is -3.47. The van der Waals surface area contributed by atoms with Crippen molar-refractivity contribution >= 4 is 21.7 Å². The van der Waals surface area contributed by atoms with Crippen LogP contribution in [0, 0.1) is 0 Å². The summed E-state index contributed by atoms with van der Waals surface area (Å²) in [5.41, 5.74) is 1.52. The summed E-state index contributed by atoms with van der Waals surface area (Å²) < 4.78 is 29.3. The van der Waals surface area contributed by atoms with Gasteiger partial charge in [-0.25, -0.2) is 23.1 Å². The average Bonchev–Trinajstić information content (AvgIpc) is 3.29. The lowest BCUT2D eigenvalue weighted by atomic mass is 10.1. The molecule has 0 spiro atoms. The molecule has 0 saturated heterocycles. The fourth-order valence-corrected chi connectivity index (χ4v) is 4.67. The number of tetrazole rings is 1. The quantitative estimate of drug-likeness (QED) is 0.576. The van der Waals surface area contributed by atoms with Crippen LogP contribution in [0.25, 0.3) is 5.69 Å². The second kappa shape index (κ2) is 6.60. The van der Waals surface area contributed by atoms with E-state index in [1.165, 1.54) is 36.4 Å². The van der Waals surface area contributed by atoms with Gasteiger partial charge in [-0.15, -0.1) is 0 Å². The smallest absolute Gasteiger partial charge is 0.365 e. The van der Waals surface area contributed by atoms with Crippen LogP contribution in [-0.2, 0) is 22.9 Å². The van der Waals surface area contributed by atoms with Crippen molar-refractivity contribution < 1.29 is 18.3 Å². The van der Waals surface area contributed by atoms with Crippen molar-refractivity contribution in [1.82, 2.24) is 20.2 Å². The molecule has 0 radical (unpaired) electrons. The minimum absolute atomic E-state index is 0.0169. The van der Waals surface area contributed by atoms with Crippen LogP contribution >= 0.6 is 0 Å². The number of rotatable bonds is 5. The molecule has 10 nitrogen and oxygen atoms in total. The van der Waals surface area contributed by atoms with Crippen LogP contribution < -0.4 is 10.4 Å². The lowest BCUT2D eigenvalue weighted by molar-refractivity contribution is 0.0696. The predicted molar refractivity (Wildman–Crippen MR) is 98.2 cm³/mol. The molecule has 0 amide bonds. The summed E-state index contributed by atoms with van der Waals surface area (Å²) in [4.78, 5) is 22.9. The van der Waals surface area contributed by atoms with Crippen LogP contribution in [0.2, 0.25) is 0 Å². The van der Waals surface area contributed by atoms with Gasteiger partial charge in [0.2, 0.25) is 0 Å². The third-order valence-electron chi connectivity index (χ3n) is 4.55. The van der Waals surface area contributed by atoms with Gasteiger partial charge in [0.1, 0.15) is 0 Å². The maximum atomic E-state index is 12.9. The van der Waals surface area contributed by atoms with E-state index in [9.17, 15) is 23.1 Å². The first-order chi connectivity index (χ1) is 13.3. The molecule has 0 fully saturated rings. The van der Waals surface area contributed by atoms with Gasteiger partial charge in [0.15, 0.2) is 0 Å². The van der Waals surface area contributed by atoms with E-state index in [0.29, 0.717) is 24.1 Å². The number of aromatic carboxylic acids is 1. The molecule has 0 atom stereocenters. The Morgan fingerprint density at radius 3 is 2.57 bits per heavy atom. The fourth-order valence-electron chi connectivity index (χ4n) is 3.28. The van der Waals surface area contributed by atoms with Gasteiger partial charge in [-0.05, 0) is 77.2 Å². The minimum Gasteiger partial charge on any atom is -0.478 e. The van der Waals surface area contributed by atoms with E-state index in [-0.39, 0.29) is 16.1 Å². The summed E-state index contributed by atoms with van der Waals surface area (Å²) in [5.74, 6) is -1.17. The third-order valence-corrected chi connectivity index (χ3v) is 5.99. The van der Waals surface area contributed by atoms with E-state index in [4.69, 9.17) is 0 Å². The Labute approximate surface area is 158 Å². The lowest BCUT2D eigenvalue weighted by Crippen LogP contribution is -2.17. The number of hydrogen-bond acceptors (Lipinski definition) is 6. The molecule has 0 saturated carbocycles. The number of carboxylic acid groups (broad SMARTS) is 1. The molecular weight excluding hydrogens is 386 g/mol. The molecule has 0 aliphatic heterocycles. The molecule has 0 bridgehead atoms. The van der Waals surface area contributed by atoms with Gasteiger partial charge in [-0.2, -0.15) is 4.68 Å². The molecule has 28 heavy (non-hydrogen) atoms. The second-order valence-corrected chi connectivity index (χ2v) is 7.99. The number of aromatic amines is 1. The number of nitrogens with one attached hydrogen (secondary N) is 2. The van der Waals surface area contributed by atoms with Crippen LogP contribution in [0.4, 0.5) is 5.69 Å². The Kier molecular flexibility index (Phi) is 4.23. The highest BCUT2D eigenvalue weighted by molar-refractivity contribution is 7.92. The molecule has 1 heterocycles. The molecule has 3 aromatic rings. The summed E-state index contributed by atoms with van der Waals surface area (Å²) in [6.07, 6.45) is 2.02. The summed E-state index contributed by atoms with van der Waals surface area (Å²) in [6.45, 7) is 0. The number of carboxylic acids is 1. The largest absolute Gasteiger partial charge is 0.478 e. The van der Waals surface area contributed by atoms with Crippen molar-refractivity contribution in [3.63, 3.8) is 0 Å². The predicted octanol–water partition coefficient (Wildman–Crippen LogP) is 0.943. The van der Waals surface area contributed by atoms with Gasteiger partial charge in [0.25, 0.3) is 10.0 Å². The fraction of sp³-hybridized carbons (Fsp3) is 0.176. The maximum Gasteiger partial charge on any atom is 0.365 e. The van der Waals surface area contributed by atoms with Crippen LogP contribution in [0.3, 0.4) is 0 Å². The van der Waals surface area contributed by atoms with Gasteiger partial charge in [0.05, 0.1) is 16.1 Å². The Balaban J connectivity index is 1.68. The first-order valence-corrected chi connectivity index (χ1v) is 9.86. The zero-order valence-corrected chi connectivity index (χ0v) is 15.2.